The minimum Gasteiger partial charge on any atom is -0.467 e. The quantitative estimate of drug-likeness (QED) is 0.861. The molecule has 19 heavy (non-hydrogen) atoms. The number of nitrogens with zero attached hydrogens (tertiary/aromatic N) is 1. The molecular weight excluding hydrogens is 244 g/mol. The van der Waals surface area contributed by atoms with Gasteiger partial charge in [-0.2, -0.15) is 0 Å². The molecule has 0 saturated heterocycles. The Hall–Kier alpha value is -2.14. The molecule has 0 bridgehead atoms. The van der Waals surface area contributed by atoms with Crippen LogP contribution in [-0.2, 0) is 0 Å². The molecule has 0 saturated carbocycles. The van der Waals surface area contributed by atoms with Crippen LogP contribution in [0.3, 0.4) is 0 Å². The van der Waals surface area contributed by atoms with Crippen molar-refractivity contribution in [3.63, 3.8) is 0 Å². The maximum Gasteiger partial charge on any atom is 0.270 e. The fourth-order valence-electron chi connectivity index (χ4n) is 1.79. The van der Waals surface area contributed by atoms with Crippen LogP contribution in [0.5, 0.6) is 0 Å². The van der Waals surface area contributed by atoms with Gasteiger partial charge in [-0.25, -0.2) is 0 Å². The minimum absolute atomic E-state index is 0.186. The van der Waals surface area contributed by atoms with Crippen molar-refractivity contribution in [2.24, 2.45) is 0 Å². The van der Waals surface area contributed by atoms with E-state index in [-0.39, 0.29) is 11.9 Å². The van der Waals surface area contributed by atoms with Crippen molar-refractivity contribution >= 4 is 5.91 Å². The average molecular weight is 260 g/mol. The van der Waals surface area contributed by atoms with E-state index in [4.69, 9.17) is 4.42 Å². The van der Waals surface area contributed by atoms with E-state index in [1.165, 1.54) is 6.26 Å². The number of furan rings is 1. The zero-order chi connectivity index (χ0) is 13.7. The maximum absolute atomic E-state index is 11.8. The van der Waals surface area contributed by atoms with Crippen LogP contribution < -0.4 is 5.32 Å². The number of carbonyl (C=O) groups excluding carboxylic acids is 1. The van der Waals surface area contributed by atoms with Crippen molar-refractivity contribution in [3.05, 3.63) is 54.2 Å². The zero-order valence-corrected chi connectivity index (χ0v) is 10.6. The molecule has 0 spiro atoms. The number of aromatic nitrogens is 1. The van der Waals surface area contributed by atoms with Gasteiger partial charge in [0.15, 0.2) is 0 Å². The summed E-state index contributed by atoms with van der Waals surface area (Å²) in [6.07, 6.45) is 2.73. The SMILES string of the molecule is CC(CC(O)c1ccco1)NC(=O)c1ccccn1. The molecule has 0 aliphatic heterocycles. The van der Waals surface area contributed by atoms with Crippen molar-refractivity contribution in [3.8, 4) is 0 Å². The van der Waals surface area contributed by atoms with Crippen LogP contribution >= 0.6 is 0 Å². The second-order valence-electron chi connectivity index (χ2n) is 4.36. The molecule has 1 amide bonds. The van der Waals surface area contributed by atoms with Crippen molar-refractivity contribution in [1.82, 2.24) is 10.3 Å². The molecule has 0 fully saturated rings. The number of amides is 1. The van der Waals surface area contributed by atoms with Gasteiger partial charge in [0.1, 0.15) is 17.6 Å². The number of rotatable bonds is 5. The molecule has 2 rings (SSSR count). The summed E-state index contributed by atoms with van der Waals surface area (Å²) < 4.78 is 5.11. The Labute approximate surface area is 111 Å². The summed E-state index contributed by atoms with van der Waals surface area (Å²) >= 11 is 0. The van der Waals surface area contributed by atoms with Crippen LogP contribution in [-0.4, -0.2) is 22.0 Å². The first-order valence-electron chi connectivity index (χ1n) is 6.10. The Kier molecular flexibility index (Phi) is 4.30. The first-order valence-corrected chi connectivity index (χ1v) is 6.10. The third-order valence-electron chi connectivity index (χ3n) is 2.72. The number of aliphatic hydroxyl groups excluding tert-OH is 1. The Morgan fingerprint density at radius 3 is 2.89 bits per heavy atom. The molecule has 2 aromatic rings. The van der Waals surface area contributed by atoms with Gasteiger partial charge in [0, 0.05) is 18.7 Å². The smallest absolute Gasteiger partial charge is 0.270 e. The highest BCUT2D eigenvalue weighted by atomic mass is 16.4. The van der Waals surface area contributed by atoms with E-state index in [0.29, 0.717) is 17.9 Å². The van der Waals surface area contributed by atoms with E-state index >= 15 is 0 Å². The van der Waals surface area contributed by atoms with E-state index in [1.807, 2.05) is 6.92 Å². The van der Waals surface area contributed by atoms with E-state index in [9.17, 15) is 9.90 Å². The first-order chi connectivity index (χ1) is 9.16. The first kappa shape index (κ1) is 13.3. The summed E-state index contributed by atoms with van der Waals surface area (Å²) in [5.41, 5.74) is 0.363. The van der Waals surface area contributed by atoms with Crippen LogP contribution in [0, 0.1) is 0 Å². The molecule has 5 nitrogen and oxygen atoms in total. The van der Waals surface area contributed by atoms with Crippen molar-refractivity contribution in [2.45, 2.75) is 25.5 Å². The van der Waals surface area contributed by atoms with Gasteiger partial charge in [-0.05, 0) is 31.2 Å². The van der Waals surface area contributed by atoms with Gasteiger partial charge in [0.25, 0.3) is 5.91 Å². The molecule has 2 N–H and O–H groups in total. The highest BCUT2D eigenvalue weighted by Gasteiger charge is 2.17. The molecule has 0 aliphatic rings. The number of hydrogen-bond donors (Lipinski definition) is 2. The maximum atomic E-state index is 11.8. The summed E-state index contributed by atoms with van der Waals surface area (Å²) in [4.78, 5) is 15.8. The van der Waals surface area contributed by atoms with Gasteiger partial charge in [-0.1, -0.05) is 6.07 Å². The third kappa shape index (κ3) is 3.66. The number of pyridine rings is 1. The Bertz CT molecular complexity index is 511. The van der Waals surface area contributed by atoms with Crippen molar-refractivity contribution < 1.29 is 14.3 Å². The lowest BCUT2D eigenvalue weighted by molar-refractivity contribution is 0.0898. The fourth-order valence-corrected chi connectivity index (χ4v) is 1.79. The van der Waals surface area contributed by atoms with Crippen molar-refractivity contribution in [2.75, 3.05) is 0 Å². The van der Waals surface area contributed by atoms with E-state index in [0.717, 1.165) is 0 Å². The molecular formula is C14H16N2O3. The topological polar surface area (TPSA) is 75.4 Å². The predicted molar refractivity (Wildman–Crippen MR) is 69.5 cm³/mol. The van der Waals surface area contributed by atoms with Gasteiger partial charge in [0.2, 0.25) is 0 Å². The summed E-state index contributed by atoms with van der Waals surface area (Å²) in [6, 6.07) is 8.39. The molecule has 100 valence electrons. The van der Waals surface area contributed by atoms with Crippen LogP contribution in [0.25, 0.3) is 0 Å². The normalized spacial score (nSPS) is 13.8. The highest BCUT2D eigenvalue weighted by molar-refractivity contribution is 5.92. The van der Waals surface area contributed by atoms with Crippen molar-refractivity contribution in [1.29, 1.82) is 0 Å². The lowest BCUT2D eigenvalue weighted by Gasteiger charge is -2.16. The second kappa shape index (κ2) is 6.15. The predicted octanol–water partition coefficient (Wildman–Crippen LogP) is 1.92. The Morgan fingerprint density at radius 2 is 2.26 bits per heavy atom. The molecule has 0 aliphatic carbocycles. The molecule has 0 radical (unpaired) electrons. The van der Waals surface area contributed by atoms with E-state index < -0.39 is 6.10 Å². The summed E-state index contributed by atoms with van der Waals surface area (Å²) in [5, 5.41) is 12.7. The number of nitrogens with one attached hydrogen (secondary N) is 1. The highest BCUT2D eigenvalue weighted by Crippen LogP contribution is 2.18. The zero-order valence-electron chi connectivity index (χ0n) is 10.6. The van der Waals surface area contributed by atoms with Crippen LogP contribution in [0.15, 0.2) is 47.2 Å². The fraction of sp³-hybridized carbons (Fsp3) is 0.286. The molecule has 2 heterocycles. The van der Waals surface area contributed by atoms with E-state index in [2.05, 4.69) is 10.3 Å². The summed E-state index contributed by atoms with van der Waals surface area (Å²) in [6.45, 7) is 1.83. The van der Waals surface area contributed by atoms with E-state index in [1.54, 1.807) is 36.5 Å². The second-order valence-corrected chi connectivity index (χ2v) is 4.36. The molecule has 2 atom stereocenters. The number of hydrogen-bond acceptors (Lipinski definition) is 4. The average Bonchev–Trinajstić information content (AvgIpc) is 2.93. The standard InChI is InChI=1S/C14H16N2O3/c1-10(9-12(17)13-6-4-8-19-13)16-14(18)11-5-2-3-7-15-11/h2-8,10,12,17H,9H2,1H3,(H,16,18). The summed E-state index contributed by atoms with van der Waals surface area (Å²) in [5.74, 6) is 0.249. The monoisotopic (exact) mass is 260 g/mol. The van der Waals surface area contributed by atoms with Gasteiger partial charge < -0.3 is 14.8 Å². The largest absolute Gasteiger partial charge is 0.467 e. The lowest BCUT2D eigenvalue weighted by Crippen LogP contribution is -2.34. The minimum atomic E-state index is -0.728. The Morgan fingerprint density at radius 1 is 1.42 bits per heavy atom. The third-order valence-corrected chi connectivity index (χ3v) is 2.72. The Balaban J connectivity index is 1.88. The molecule has 2 aromatic heterocycles. The van der Waals surface area contributed by atoms with Gasteiger partial charge in [-0.15, -0.1) is 0 Å². The number of carbonyl (C=O) groups is 1. The molecule has 2 unspecified atom stereocenters. The van der Waals surface area contributed by atoms with Gasteiger partial charge in [-0.3, -0.25) is 9.78 Å². The lowest BCUT2D eigenvalue weighted by atomic mass is 10.1. The number of aliphatic hydroxyl groups is 1. The summed E-state index contributed by atoms with van der Waals surface area (Å²) in [7, 11) is 0. The van der Waals surface area contributed by atoms with Crippen LogP contribution in [0.4, 0.5) is 0 Å². The van der Waals surface area contributed by atoms with Crippen LogP contribution in [0.2, 0.25) is 0 Å². The molecule has 0 aromatic carbocycles. The van der Waals surface area contributed by atoms with Crippen LogP contribution in [0.1, 0.15) is 35.7 Å². The molecule has 5 heteroatoms. The van der Waals surface area contributed by atoms with Gasteiger partial charge >= 0.3 is 0 Å². The van der Waals surface area contributed by atoms with Gasteiger partial charge in [0.05, 0.1) is 6.26 Å².